The van der Waals surface area contributed by atoms with Crippen LogP contribution in [-0.2, 0) is 4.74 Å². The predicted octanol–water partition coefficient (Wildman–Crippen LogP) is 3.09. The van der Waals surface area contributed by atoms with Crippen LogP contribution in [0.3, 0.4) is 0 Å². The van der Waals surface area contributed by atoms with Crippen LogP contribution in [0.15, 0.2) is 18.2 Å². The number of rotatable bonds is 3. The fourth-order valence-corrected chi connectivity index (χ4v) is 2.73. The molecule has 2 unspecified atom stereocenters. The topological polar surface area (TPSA) is 64.8 Å². The zero-order chi connectivity index (χ0) is 17.2. The lowest BCUT2D eigenvalue weighted by atomic mass is 9.93. The Hall–Kier alpha value is -1.82. The van der Waals surface area contributed by atoms with Gasteiger partial charge in [-0.3, -0.25) is 0 Å². The second kappa shape index (κ2) is 6.74. The monoisotopic (exact) mass is 324 g/mol. The van der Waals surface area contributed by atoms with Crippen LogP contribution in [0.5, 0.6) is 5.75 Å². The van der Waals surface area contributed by atoms with E-state index in [1.165, 1.54) is 13.2 Å². The Morgan fingerprint density at radius 3 is 2.70 bits per heavy atom. The van der Waals surface area contributed by atoms with E-state index < -0.39 is 11.4 Å². The number of nitrogens with two attached hydrogens (primary N) is 1. The fraction of sp³-hybridized carbons (Fsp3) is 0.588. The quantitative estimate of drug-likeness (QED) is 0.928. The Kier molecular flexibility index (Phi) is 5.14. The summed E-state index contributed by atoms with van der Waals surface area (Å²) in [5, 5.41) is 0. The van der Waals surface area contributed by atoms with Crippen molar-refractivity contribution in [2.24, 2.45) is 11.7 Å². The van der Waals surface area contributed by atoms with Crippen LogP contribution in [0.25, 0.3) is 0 Å². The summed E-state index contributed by atoms with van der Waals surface area (Å²) in [7, 11) is 1.42. The smallest absolute Gasteiger partial charge is 0.410 e. The average molecular weight is 324 g/mol. The molecule has 0 saturated carbocycles. The maximum absolute atomic E-state index is 13.8. The van der Waals surface area contributed by atoms with E-state index in [1.807, 2.05) is 20.8 Å². The number of amides is 1. The SMILES string of the molecule is COc1ccc(C(N)C2CCN(C(=O)OC(C)(C)C)C2)cc1F. The number of hydrogen-bond acceptors (Lipinski definition) is 4. The van der Waals surface area contributed by atoms with Crippen molar-refractivity contribution >= 4 is 6.09 Å². The van der Waals surface area contributed by atoms with Crippen molar-refractivity contribution in [2.45, 2.75) is 38.8 Å². The first-order chi connectivity index (χ1) is 10.7. The molecule has 23 heavy (non-hydrogen) atoms. The summed E-state index contributed by atoms with van der Waals surface area (Å²) in [4.78, 5) is 13.8. The molecule has 1 aromatic rings. The fourth-order valence-electron chi connectivity index (χ4n) is 2.73. The summed E-state index contributed by atoms with van der Waals surface area (Å²) in [5.41, 5.74) is 6.45. The van der Waals surface area contributed by atoms with E-state index in [1.54, 1.807) is 17.0 Å². The van der Waals surface area contributed by atoms with Gasteiger partial charge in [0, 0.05) is 19.1 Å². The summed E-state index contributed by atoms with van der Waals surface area (Å²) in [6.07, 6.45) is 0.446. The molecule has 1 heterocycles. The zero-order valence-corrected chi connectivity index (χ0v) is 14.1. The van der Waals surface area contributed by atoms with E-state index in [0.29, 0.717) is 18.7 Å². The highest BCUT2D eigenvalue weighted by Gasteiger charge is 2.33. The number of likely N-dealkylation sites (tertiary alicyclic amines) is 1. The standard InChI is InChI=1S/C17H25FN2O3/c1-17(2,3)23-16(21)20-8-7-12(10-20)15(19)11-5-6-14(22-4)13(18)9-11/h5-6,9,12,15H,7-8,10,19H2,1-4H3. The maximum Gasteiger partial charge on any atom is 0.410 e. The third-order valence-electron chi connectivity index (χ3n) is 3.95. The van der Waals surface area contributed by atoms with Gasteiger partial charge in [0.2, 0.25) is 0 Å². The van der Waals surface area contributed by atoms with Crippen molar-refractivity contribution < 1.29 is 18.7 Å². The Balaban J connectivity index is 2.01. The molecule has 2 atom stereocenters. The summed E-state index contributed by atoms with van der Waals surface area (Å²) in [6.45, 7) is 6.63. The van der Waals surface area contributed by atoms with E-state index in [4.69, 9.17) is 15.2 Å². The number of carbonyl (C=O) groups is 1. The zero-order valence-electron chi connectivity index (χ0n) is 14.1. The largest absolute Gasteiger partial charge is 0.494 e. The molecule has 6 heteroatoms. The van der Waals surface area contributed by atoms with Crippen LogP contribution in [0, 0.1) is 11.7 Å². The van der Waals surface area contributed by atoms with Gasteiger partial charge in [0.05, 0.1) is 7.11 Å². The van der Waals surface area contributed by atoms with Gasteiger partial charge < -0.3 is 20.1 Å². The van der Waals surface area contributed by atoms with Crippen molar-refractivity contribution in [2.75, 3.05) is 20.2 Å². The molecule has 128 valence electrons. The highest BCUT2D eigenvalue weighted by molar-refractivity contribution is 5.68. The first-order valence-electron chi connectivity index (χ1n) is 7.78. The molecule has 2 N–H and O–H groups in total. The minimum atomic E-state index is -0.517. The molecule has 1 saturated heterocycles. The third-order valence-corrected chi connectivity index (χ3v) is 3.95. The lowest BCUT2D eigenvalue weighted by Crippen LogP contribution is -2.36. The van der Waals surface area contributed by atoms with Gasteiger partial charge in [-0.1, -0.05) is 6.07 Å². The maximum atomic E-state index is 13.8. The summed E-state index contributed by atoms with van der Waals surface area (Å²) in [5.74, 6) is -0.152. The molecule has 0 aliphatic carbocycles. The second-order valence-corrected chi connectivity index (χ2v) is 6.89. The van der Waals surface area contributed by atoms with Gasteiger partial charge in [-0.25, -0.2) is 9.18 Å². The third kappa shape index (κ3) is 4.34. The lowest BCUT2D eigenvalue weighted by Gasteiger charge is -2.25. The Labute approximate surface area is 136 Å². The summed E-state index contributed by atoms with van der Waals surface area (Å²) < 4.78 is 24.1. The first kappa shape index (κ1) is 17.5. The van der Waals surface area contributed by atoms with Crippen LogP contribution in [0.2, 0.25) is 0 Å². The molecule has 0 spiro atoms. The lowest BCUT2D eigenvalue weighted by molar-refractivity contribution is 0.0286. The predicted molar refractivity (Wildman–Crippen MR) is 85.8 cm³/mol. The number of halogens is 1. The van der Waals surface area contributed by atoms with Crippen molar-refractivity contribution in [3.63, 3.8) is 0 Å². The molecule has 2 rings (SSSR count). The Morgan fingerprint density at radius 1 is 1.43 bits per heavy atom. The molecule has 0 bridgehead atoms. The van der Waals surface area contributed by atoms with E-state index in [2.05, 4.69) is 0 Å². The average Bonchev–Trinajstić information content (AvgIpc) is 2.94. The van der Waals surface area contributed by atoms with Crippen LogP contribution in [-0.4, -0.2) is 36.8 Å². The second-order valence-electron chi connectivity index (χ2n) is 6.89. The number of hydrogen-bond donors (Lipinski definition) is 1. The molecule has 1 amide bonds. The Morgan fingerprint density at radius 2 is 2.13 bits per heavy atom. The van der Waals surface area contributed by atoms with Crippen molar-refractivity contribution in [1.29, 1.82) is 0 Å². The molecule has 1 aliphatic heterocycles. The highest BCUT2D eigenvalue weighted by Crippen LogP contribution is 2.31. The van der Waals surface area contributed by atoms with Crippen LogP contribution < -0.4 is 10.5 Å². The van der Waals surface area contributed by atoms with Crippen molar-refractivity contribution in [3.05, 3.63) is 29.6 Å². The van der Waals surface area contributed by atoms with E-state index in [9.17, 15) is 9.18 Å². The number of nitrogens with zero attached hydrogens (tertiary/aromatic N) is 1. The van der Waals surface area contributed by atoms with E-state index in [0.717, 1.165) is 6.42 Å². The molecule has 5 nitrogen and oxygen atoms in total. The van der Waals surface area contributed by atoms with Crippen LogP contribution in [0.1, 0.15) is 38.8 Å². The molecular formula is C17H25FN2O3. The van der Waals surface area contributed by atoms with Crippen molar-refractivity contribution in [3.8, 4) is 5.75 Å². The molecule has 0 aromatic heterocycles. The molecule has 1 aliphatic rings. The molecule has 1 aromatic carbocycles. The van der Waals surface area contributed by atoms with Gasteiger partial charge in [0.15, 0.2) is 11.6 Å². The summed E-state index contributed by atoms with van der Waals surface area (Å²) >= 11 is 0. The van der Waals surface area contributed by atoms with Crippen molar-refractivity contribution in [1.82, 2.24) is 4.90 Å². The van der Waals surface area contributed by atoms with Gasteiger partial charge in [0.25, 0.3) is 0 Å². The summed E-state index contributed by atoms with van der Waals surface area (Å²) in [6, 6.07) is 4.41. The number of methoxy groups -OCH3 is 1. The van der Waals surface area contributed by atoms with Crippen LogP contribution >= 0.6 is 0 Å². The molecule has 0 radical (unpaired) electrons. The van der Waals surface area contributed by atoms with Crippen LogP contribution in [0.4, 0.5) is 9.18 Å². The minimum absolute atomic E-state index is 0.0790. The minimum Gasteiger partial charge on any atom is -0.494 e. The Bertz CT molecular complexity index is 571. The van der Waals surface area contributed by atoms with Gasteiger partial charge in [-0.15, -0.1) is 0 Å². The number of carbonyl (C=O) groups excluding carboxylic acids is 1. The van der Waals surface area contributed by atoms with Gasteiger partial charge >= 0.3 is 6.09 Å². The number of ether oxygens (including phenoxy) is 2. The molecular weight excluding hydrogens is 299 g/mol. The van der Waals surface area contributed by atoms with E-state index >= 15 is 0 Å². The van der Waals surface area contributed by atoms with Gasteiger partial charge in [-0.05, 0) is 50.8 Å². The van der Waals surface area contributed by atoms with E-state index in [-0.39, 0.29) is 23.8 Å². The number of benzene rings is 1. The first-order valence-corrected chi connectivity index (χ1v) is 7.78. The van der Waals surface area contributed by atoms with Gasteiger partial charge in [-0.2, -0.15) is 0 Å². The normalized spacial score (nSPS) is 19.6. The molecule has 1 fully saturated rings. The van der Waals surface area contributed by atoms with Gasteiger partial charge in [0.1, 0.15) is 5.60 Å². The highest BCUT2D eigenvalue weighted by atomic mass is 19.1.